The minimum atomic E-state index is -1.01. The zero-order valence-corrected chi connectivity index (χ0v) is 18.3. The van der Waals surface area contributed by atoms with Gasteiger partial charge in [-0.2, -0.15) is 0 Å². The summed E-state index contributed by atoms with van der Waals surface area (Å²) in [5.74, 6) is -0.582. The third-order valence-electron chi connectivity index (χ3n) is 6.20. The minimum absolute atomic E-state index is 0.0588. The van der Waals surface area contributed by atoms with E-state index in [1.54, 1.807) is 11.9 Å². The van der Waals surface area contributed by atoms with Crippen LogP contribution in [0.4, 0.5) is 0 Å². The van der Waals surface area contributed by atoms with Crippen LogP contribution in [0.5, 0.6) is 0 Å². The smallest absolute Gasteiger partial charge is 0.494 e. The van der Waals surface area contributed by atoms with E-state index in [1.807, 2.05) is 12.1 Å². The Hall–Kier alpha value is -3.16. The molecule has 0 saturated carbocycles. The maximum Gasteiger partial charge on any atom is 0.636 e. The fourth-order valence-electron chi connectivity index (χ4n) is 4.69. The van der Waals surface area contributed by atoms with E-state index in [-0.39, 0.29) is 19.0 Å². The first-order valence-electron chi connectivity index (χ1n) is 10.8. The Morgan fingerprint density at radius 3 is 2.28 bits per heavy atom. The van der Waals surface area contributed by atoms with Crippen molar-refractivity contribution in [3.8, 4) is 0 Å². The highest BCUT2D eigenvalue weighted by atomic mass is 16.6. The van der Waals surface area contributed by atoms with Gasteiger partial charge >= 0.3 is 19.1 Å². The largest absolute Gasteiger partial charge is 0.636 e. The Labute approximate surface area is 187 Å². The summed E-state index contributed by atoms with van der Waals surface area (Å²) in [5.41, 5.74) is 4.37. The van der Waals surface area contributed by atoms with Crippen LogP contribution < -0.4 is 5.46 Å². The van der Waals surface area contributed by atoms with Crippen LogP contribution in [0.15, 0.2) is 60.7 Å². The molecule has 162 valence electrons. The number of benzene rings is 3. The van der Waals surface area contributed by atoms with Crippen molar-refractivity contribution in [2.24, 2.45) is 0 Å². The summed E-state index contributed by atoms with van der Waals surface area (Å²) < 4.78 is 10.9. The predicted molar refractivity (Wildman–Crippen MR) is 124 cm³/mol. The van der Waals surface area contributed by atoms with E-state index in [9.17, 15) is 9.59 Å². The summed E-state index contributed by atoms with van der Waals surface area (Å²) in [7, 11) is 2.78. The first-order chi connectivity index (χ1) is 15.5. The molecule has 0 aliphatic carbocycles. The Morgan fingerprint density at radius 1 is 0.812 bits per heavy atom. The first kappa shape index (κ1) is 20.7. The Kier molecular flexibility index (Phi) is 5.45. The standard InChI is InChI=1S/C25H25BN2O4/c1-27-13-20-12-21(26-31-24(29)15-28(2)16-25(30)32-26)9-10-22(20)23(14-27)19-8-7-17-5-3-4-6-18(17)11-19/h3-12,23H,13-16H2,1-2H3/t23-/m0/s1. The van der Waals surface area contributed by atoms with Gasteiger partial charge in [-0.25, -0.2) is 0 Å². The highest BCUT2D eigenvalue weighted by Gasteiger charge is 2.35. The van der Waals surface area contributed by atoms with Crippen LogP contribution in [0.3, 0.4) is 0 Å². The molecule has 0 aromatic heterocycles. The molecule has 0 amide bonds. The number of carbonyl (C=O) groups excluding carboxylic acids is 2. The monoisotopic (exact) mass is 428 g/mol. The molecule has 3 aromatic rings. The predicted octanol–water partition coefficient (Wildman–Crippen LogP) is 2.14. The average molecular weight is 428 g/mol. The van der Waals surface area contributed by atoms with Gasteiger partial charge in [0.15, 0.2) is 0 Å². The van der Waals surface area contributed by atoms with Gasteiger partial charge in [0.05, 0.1) is 13.1 Å². The normalized spacial score (nSPS) is 20.3. The van der Waals surface area contributed by atoms with Crippen molar-refractivity contribution in [1.82, 2.24) is 9.80 Å². The molecule has 0 unspecified atom stereocenters. The van der Waals surface area contributed by atoms with Crippen molar-refractivity contribution in [1.29, 1.82) is 0 Å². The lowest BCUT2D eigenvalue weighted by Gasteiger charge is -2.33. The second-order valence-corrected chi connectivity index (χ2v) is 8.80. The molecule has 0 radical (unpaired) electrons. The van der Waals surface area contributed by atoms with Crippen molar-refractivity contribution in [2.75, 3.05) is 33.7 Å². The lowest BCUT2D eigenvalue weighted by molar-refractivity contribution is -0.145. The molecular formula is C25H25BN2O4. The Balaban J connectivity index is 1.48. The van der Waals surface area contributed by atoms with Crippen LogP contribution in [-0.4, -0.2) is 62.6 Å². The summed E-state index contributed by atoms with van der Waals surface area (Å²) in [4.78, 5) is 28.2. The van der Waals surface area contributed by atoms with Gasteiger partial charge in [-0.05, 0) is 41.6 Å². The summed E-state index contributed by atoms with van der Waals surface area (Å²) in [6, 6.07) is 21.1. The Bertz CT molecular complexity index is 1180. The average Bonchev–Trinajstić information content (AvgIpc) is 2.76. The van der Waals surface area contributed by atoms with E-state index < -0.39 is 19.1 Å². The lowest BCUT2D eigenvalue weighted by Crippen LogP contribution is -2.48. The molecule has 6 nitrogen and oxygen atoms in total. The van der Waals surface area contributed by atoms with Crippen molar-refractivity contribution in [2.45, 2.75) is 12.5 Å². The van der Waals surface area contributed by atoms with Gasteiger partial charge in [0, 0.05) is 24.5 Å². The van der Waals surface area contributed by atoms with Crippen molar-refractivity contribution < 1.29 is 18.9 Å². The van der Waals surface area contributed by atoms with Gasteiger partial charge in [-0.15, -0.1) is 0 Å². The second kappa shape index (κ2) is 8.41. The molecule has 1 atom stereocenters. The van der Waals surface area contributed by atoms with Crippen LogP contribution in [-0.2, 0) is 25.4 Å². The van der Waals surface area contributed by atoms with Crippen molar-refractivity contribution in [3.05, 3.63) is 77.4 Å². The van der Waals surface area contributed by atoms with Gasteiger partial charge < -0.3 is 14.2 Å². The second-order valence-electron chi connectivity index (χ2n) is 8.80. The van der Waals surface area contributed by atoms with E-state index in [0.717, 1.165) is 18.7 Å². The van der Waals surface area contributed by atoms with E-state index in [2.05, 4.69) is 60.5 Å². The SMILES string of the molecule is CN1CC(=O)OB(c2ccc3c(c2)CN(C)C[C@H]3c2ccc3ccccc3c2)OC(=O)C1. The molecule has 0 bridgehead atoms. The molecule has 1 saturated heterocycles. The van der Waals surface area contributed by atoms with E-state index in [4.69, 9.17) is 9.31 Å². The number of hydrogen-bond acceptors (Lipinski definition) is 6. The van der Waals surface area contributed by atoms with Gasteiger partial charge in [-0.3, -0.25) is 14.5 Å². The lowest BCUT2D eigenvalue weighted by atomic mass is 9.74. The maximum atomic E-state index is 12.2. The molecule has 2 aliphatic rings. The van der Waals surface area contributed by atoms with Crippen LogP contribution >= 0.6 is 0 Å². The van der Waals surface area contributed by atoms with Crippen LogP contribution in [0.25, 0.3) is 10.8 Å². The first-order valence-corrected chi connectivity index (χ1v) is 10.8. The van der Waals surface area contributed by atoms with Gasteiger partial charge in [0.2, 0.25) is 0 Å². The molecule has 1 fully saturated rings. The third-order valence-corrected chi connectivity index (χ3v) is 6.20. The highest BCUT2D eigenvalue weighted by Crippen LogP contribution is 2.34. The molecule has 7 heteroatoms. The molecule has 5 rings (SSSR count). The molecule has 2 aliphatic heterocycles. The summed E-state index contributed by atoms with van der Waals surface area (Å²) in [6.45, 7) is 1.82. The highest BCUT2D eigenvalue weighted by molar-refractivity contribution is 6.64. The quantitative estimate of drug-likeness (QED) is 0.584. The van der Waals surface area contributed by atoms with Crippen LogP contribution in [0.2, 0.25) is 0 Å². The molecule has 32 heavy (non-hydrogen) atoms. The summed E-state index contributed by atoms with van der Waals surface area (Å²) >= 11 is 0. The molecule has 0 N–H and O–H groups in total. The number of likely N-dealkylation sites (N-methyl/N-ethyl adjacent to an activating group) is 2. The van der Waals surface area contributed by atoms with Crippen molar-refractivity contribution >= 4 is 35.3 Å². The van der Waals surface area contributed by atoms with Gasteiger partial charge in [0.25, 0.3) is 0 Å². The number of fused-ring (bicyclic) bond motifs is 2. The number of carbonyl (C=O) groups is 2. The van der Waals surface area contributed by atoms with E-state index in [1.165, 1.54) is 21.9 Å². The van der Waals surface area contributed by atoms with E-state index in [0.29, 0.717) is 5.46 Å². The topological polar surface area (TPSA) is 59.1 Å². The Morgan fingerprint density at radius 2 is 1.53 bits per heavy atom. The zero-order valence-electron chi connectivity index (χ0n) is 18.3. The fourth-order valence-corrected chi connectivity index (χ4v) is 4.69. The van der Waals surface area contributed by atoms with Gasteiger partial charge in [-0.1, -0.05) is 60.7 Å². The van der Waals surface area contributed by atoms with Gasteiger partial charge in [0.1, 0.15) is 0 Å². The minimum Gasteiger partial charge on any atom is -0.494 e. The number of hydrogen-bond donors (Lipinski definition) is 0. The summed E-state index contributed by atoms with van der Waals surface area (Å²) in [5, 5.41) is 2.46. The zero-order chi connectivity index (χ0) is 22.2. The summed E-state index contributed by atoms with van der Waals surface area (Å²) in [6.07, 6.45) is 0. The molecule has 3 aromatic carbocycles. The van der Waals surface area contributed by atoms with Crippen LogP contribution in [0.1, 0.15) is 22.6 Å². The maximum absolute atomic E-state index is 12.2. The molecule has 2 heterocycles. The van der Waals surface area contributed by atoms with Crippen molar-refractivity contribution in [3.63, 3.8) is 0 Å². The molecular weight excluding hydrogens is 403 g/mol. The molecule has 0 spiro atoms. The fraction of sp³-hybridized carbons (Fsp3) is 0.280. The number of nitrogens with zero attached hydrogens (tertiary/aromatic N) is 2. The van der Waals surface area contributed by atoms with Crippen LogP contribution in [0, 0.1) is 0 Å². The van der Waals surface area contributed by atoms with E-state index >= 15 is 0 Å². The number of rotatable bonds is 2. The third kappa shape index (κ3) is 4.14.